The summed E-state index contributed by atoms with van der Waals surface area (Å²) in [5.74, 6) is -0.412. The molecule has 0 aliphatic carbocycles. The zero-order chi connectivity index (χ0) is 14.8. The number of carbonyl (C=O) groups excluding carboxylic acids is 1. The predicted octanol–water partition coefficient (Wildman–Crippen LogP) is 2.83. The van der Waals surface area contributed by atoms with Gasteiger partial charge in [0.25, 0.3) is 11.5 Å². The summed E-state index contributed by atoms with van der Waals surface area (Å²) in [7, 11) is 0. The van der Waals surface area contributed by atoms with E-state index in [-0.39, 0.29) is 11.3 Å². The maximum Gasteiger partial charge on any atom is 0.276 e. The number of benzene rings is 2. The molecule has 0 saturated carbocycles. The van der Waals surface area contributed by atoms with E-state index < -0.39 is 5.91 Å². The highest BCUT2D eigenvalue weighted by Gasteiger charge is 2.14. The maximum atomic E-state index is 12.3. The van der Waals surface area contributed by atoms with E-state index in [2.05, 4.69) is 15.5 Å². The van der Waals surface area contributed by atoms with Crippen molar-refractivity contribution in [3.8, 4) is 0 Å². The number of hydrogen-bond acceptors (Lipinski definition) is 3. The Morgan fingerprint density at radius 3 is 2.62 bits per heavy atom. The number of H-pyrrole nitrogens is 1. The number of nitrogens with zero attached hydrogens (tertiary/aromatic N) is 1. The van der Waals surface area contributed by atoms with E-state index >= 15 is 0 Å². The number of amides is 1. The van der Waals surface area contributed by atoms with E-state index in [1.54, 1.807) is 48.5 Å². The second-order valence-corrected chi connectivity index (χ2v) is 4.85. The molecule has 0 aliphatic rings. The lowest BCUT2D eigenvalue weighted by molar-refractivity contribution is 0.102. The number of aromatic amines is 1. The van der Waals surface area contributed by atoms with Gasteiger partial charge in [-0.1, -0.05) is 35.9 Å². The van der Waals surface area contributed by atoms with Crippen molar-refractivity contribution in [1.82, 2.24) is 10.2 Å². The molecule has 3 rings (SSSR count). The van der Waals surface area contributed by atoms with Crippen LogP contribution in [0.2, 0.25) is 5.02 Å². The first-order chi connectivity index (χ1) is 10.1. The number of rotatable bonds is 2. The predicted molar refractivity (Wildman–Crippen MR) is 81.8 cm³/mol. The van der Waals surface area contributed by atoms with Gasteiger partial charge in [-0.05, 0) is 24.3 Å². The summed E-state index contributed by atoms with van der Waals surface area (Å²) in [4.78, 5) is 24.0. The molecular formula is C15H10ClN3O2. The van der Waals surface area contributed by atoms with E-state index in [1.165, 1.54) is 0 Å². The van der Waals surface area contributed by atoms with Crippen LogP contribution in [-0.4, -0.2) is 16.1 Å². The normalized spacial score (nSPS) is 10.5. The van der Waals surface area contributed by atoms with Crippen LogP contribution in [0, 0.1) is 0 Å². The molecule has 0 bridgehead atoms. The number of carbonyl (C=O) groups is 1. The maximum absolute atomic E-state index is 12.3. The second-order valence-electron chi connectivity index (χ2n) is 4.41. The van der Waals surface area contributed by atoms with Gasteiger partial charge in [0.2, 0.25) is 0 Å². The van der Waals surface area contributed by atoms with E-state index in [4.69, 9.17) is 11.6 Å². The first kappa shape index (κ1) is 13.3. The molecule has 104 valence electrons. The Morgan fingerprint density at radius 1 is 1.10 bits per heavy atom. The van der Waals surface area contributed by atoms with E-state index in [0.717, 1.165) is 0 Å². The minimum Gasteiger partial charge on any atom is -0.321 e. The van der Waals surface area contributed by atoms with Crippen LogP contribution < -0.4 is 10.9 Å². The topological polar surface area (TPSA) is 74.8 Å². The molecule has 2 aromatic carbocycles. The average Bonchev–Trinajstić information content (AvgIpc) is 2.48. The number of halogens is 1. The fraction of sp³-hybridized carbons (Fsp3) is 0. The van der Waals surface area contributed by atoms with Gasteiger partial charge in [-0.15, -0.1) is 0 Å². The van der Waals surface area contributed by atoms with Crippen LogP contribution >= 0.6 is 11.6 Å². The van der Waals surface area contributed by atoms with Gasteiger partial charge in [0.15, 0.2) is 5.69 Å². The molecule has 5 nitrogen and oxygen atoms in total. The lowest BCUT2D eigenvalue weighted by Gasteiger charge is -2.06. The van der Waals surface area contributed by atoms with Crippen LogP contribution in [0.5, 0.6) is 0 Å². The number of nitrogens with one attached hydrogen (secondary N) is 2. The van der Waals surface area contributed by atoms with Crippen molar-refractivity contribution in [1.29, 1.82) is 0 Å². The first-order valence-electron chi connectivity index (χ1n) is 6.19. The molecule has 3 aromatic rings. The van der Waals surface area contributed by atoms with E-state index in [1.807, 2.05) is 0 Å². The summed E-state index contributed by atoms with van der Waals surface area (Å²) < 4.78 is 0. The molecule has 6 heteroatoms. The van der Waals surface area contributed by atoms with Gasteiger partial charge in [-0.25, -0.2) is 5.10 Å². The molecule has 1 aromatic heterocycles. The minimum absolute atomic E-state index is 0.158. The summed E-state index contributed by atoms with van der Waals surface area (Å²) in [6.45, 7) is 0. The van der Waals surface area contributed by atoms with Gasteiger partial charge in [-0.2, -0.15) is 5.10 Å². The molecule has 0 fully saturated rings. The second kappa shape index (κ2) is 5.38. The molecule has 2 N–H and O–H groups in total. The molecule has 0 saturated heterocycles. The van der Waals surface area contributed by atoms with Crippen LogP contribution in [0.25, 0.3) is 10.8 Å². The summed E-state index contributed by atoms with van der Waals surface area (Å²) >= 11 is 5.88. The lowest BCUT2D eigenvalue weighted by Crippen LogP contribution is -2.19. The SMILES string of the molecule is O=C(Nc1cccc(Cl)c1)c1n[nH]c(=O)c2ccccc12. The largest absolute Gasteiger partial charge is 0.321 e. The summed E-state index contributed by atoms with van der Waals surface area (Å²) in [5, 5.41) is 10.3. The molecule has 0 aliphatic heterocycles. The zero-order valence-corrected chi connectivity index (χ0v) is 11.5. The molecule has 0 unspecified atom stereocenters. The Hall–Kier alpha value is -2.66. The molecule has 1 amide bonds. The van der Waals surface area contributed by atoms with E-state index in [0.29, 0.717) is 21.5 Å². The molecule has 0 atom stereocenters. The monoisotopic (exact) mass is 299 g/mol. The van der Waals surface area contributed by atoms with Crippen molar-refractivity contribution in [2.24, 2.45) is 0 Å². The Labute approximate surface area is 124 Å². The average molecular weight is 300 g/mol. The number of fused-ring (bicyclic) bond motifs is 1. The standard InChI is InChI=1S/C15H10ClN3O2/c16-9-4-3-5-10(8-9)17-15(21)13-11-6-1-2-7-12(11)14(20)19-18-13/h1-8H,(H,17,21)(H,19,20). The van der Waals surface area contributed by atoms with Crippen molar-refractivity contribution in [3.63, 3.8) is 0 Å². The molecule has 0 radical (unpaired) electrons. The van der Waals surface area contributed by atoms with Gasteiger partial charge in [0.05, 0.1) is 5.39 Å². The zero-order valence-electron chi connectivity index (χ0n) is 10.8. The van der Waals surface area contributed by atoms with Crippen LogP contribution in [0.1, 0.15) is 10.5 Å². The van der Waals surface area contributed by atoms with Gasteiger partial charge in [0, 0.05) is 16.1 Å². The van der Waals surface area contributed by atoms with Crippen molar-refractivity contribution in [2.75, 3.05) is 5.32 Å². The Bertz CT molecular complexity index is 889. The minimum atomic E-state index is -0.412. The molecular weight excluding hydrogens is 290 g/mol. The highest BCUT2D eigenvalue weighted by molar-refractivity contribution is 6.31. The Balaban J connectivity index is 2.03. The van der Waals surface area contributed by atoms with Gasteiger partial charge in [-0.3, -0.25) is 9.59 Å². The third kappa shape index (κ3) is 2.64. The summed E-state index contributed by atoms with van der Waals surface area (Å²) in [6, 6.07) is 13.6. The number of hydrogen-bond donors (Lipinski definition) is 2. The summed E-state index contributed by atoms with van der Waals surface area (Å²) in [5.41, 5.74) is 0.389. The molecule has 1 heterocycles. The third-order valence-corrected chi connectivity index (χ3v) is 3.23. The van der Waals surface area contributed by atoms with Crippen molar-refractivity contribution in [3.05, 3.63) is 69.6 Å². The fourth-order valence-electron chi connectivity index (χ4n) is 2.04. The molecule has 0 spiro atoms. The third-order valence-electron chi connectivity index (χ3n) is 2.99. The van der Waals surface area contributed by atoms with Crippen LogP contribution in [0.4, 0.5) is 5.69 Å². The fourth-order valence-corrected chi connectivity index (χ4v) is 2.23. The Kier molecular flexibility index (Phi) is 3.41. The Morgan fingerprint density at radius 2 is 1.86 bits per heavy atom. The van der Waals surface area contributed by atoms with Gasteiger partial charge >= 0.3 is 0 Å². The smallest absolute Gasteiger partial charge is 0.276 e. The van der Waals surface area contributed by atoms with Gasteiger partial charge < -0.3 is 5.32 Å². The highest BCUT2D eigenvalue weighted by atomic mass is 35.5. The van der Waals surface area contributed by atoms with Crippen molar-refractivity contribution < 1.29 is 4.79 Å². The lowest BCUT2D eigenvalue weighted by atomic mass is 10.1. The van der Waals surface area contributed by atoms with Crippen LogP contribution in [0.3, 0.4) is 0 Å². The van der Waals surface area contributed by atoms with Crippen molar-refractivity contribution >= 4 is 34.0 Å². The van der Waals surface area contributed by atoms with E-state index in [9.17, 15) is 9.59 Å². The van der Waals surface area contributed by atoms with Gasteiger partial charge in [0.1, 0.15) is 0 Å². The number of aromatic nitrogens is 2. The first-order valence-corrected chi connectivity index (χ1v) is 6.57. The summed E-state index contributed by atoms with van der Waals surface area (Å²) in [6.07, 6.45) is 0. The molecule has 21 heavy (non-hydrogen) atoms. The number of anilines is 1. The van der Waals surface area contributed by atoms with Crippen LogP contribution in [0.15, 0.2) is 53.3 Å². The quantitative estimate of drug-likeness (QED) is 0.764. The van der Waals surface area contributed by atoms with Crippen LogP contribution in [-0.2, 0) is 0 Å². The van der Waals surface area contributed by atoms with Crippen molar-refractivity contribution in [2.45, 2.75) is 0 Å². The highest BCUT2D eigenvalue weighted by Crippen LogP contribution is 2.17.